The topological polar surface area (TPSA) is 49.0 Å². The highest BCUT2D eigenvalue weighted by Crippen LogP contribution is 2.29. The van der Waals surface area contributed by atoms with Gasteiger partial charge in [-0.1, -0.05) is 39.7 Å². The molecule has 2 heterocycles. The smallest absolute Gasteiger partial charge is 0.255 e. The lowest BCUT2D eigenvalue weighted by molar-refractivity contribution is 0.0705. The second-order valence-electron chi connectivity index (χ2n) is 6.35. The maximum absolute atomic E-state index is 12.9. The van der Waals surface area contributed by atoms with Crippen molar-refractivity contribution in [3.05, 3.63) is 63.3 Å². The van der Waals surface area contributed by atoms with Crippen LogP contribution in [0.25, 0.3) is 11.0 Å². The van der Waals surface area contributed by atoms with E-state index in [-0.39, 0.29) is 11.8 Å². The number of nitrogens with one attached hydrogen (secondary N) is 1. The van der Waals surface area contributed by atoms with Crippen LogP contribution in [-0.2, 0) is 0 Å². The van der Waals surface area contributed by atoms with Crippen molar-refractivity contribution < 1.29 is 4.79 Å². The zero-order valence-electron chi connectivity index (χ0n) is 13.5. The van der Waals surface area contributed by atoms with Gasteiger partial charge >= 0.3 is 0 Å². The van der Waals surface area contributed by atoms with Gasteiger partial charge in [0.2, 0.25) is 0 Å². The number of hydrogen-bond acceptors (Lipinski definition) is 2. The molecular formula is C19H17BrClN3O. The molecule has 1 aliphatic heterocycles. The fourth-order valence-corrected chi connectivity index (χ4v) is 3.94. The second-order valence-corrected chi connectivity index (χ2v) is 7.68. The highest BCUT2D eigenvalue weighted by atomic mass is 79.9. The number of aromatic nitrogens is 2. The molecule has 1 atom stereocenters. The molecule has 4 rings (SSSR count). The average molecular weight is 419 g/mol. The van der Waals surface area contributed by atoms with Gasteiger partial charge < -0.3 is 9.88 Å². The number of rotatable bonds is 2. The number of amides is 1. The minimum absolute atomic E-state index is 0.0212. The van der Waals surface area contributed by atoms with Crippen LogP contribution < -0.4 is 0 Å². The first kappa shape index (κ1) is 16.6. The van der Waals surface area contributed by atoms with E-state index in [4.69, 9.17) is 16.6 Å². The van der Waals surface area contributed by atoms with Crippen LogP contribution in [0.1, 0.15) is 34.9 Å². The summed E-state index contributed by atoms with van der Waals surface area (Å²) in [5.41, 5.74) is 2.55. The molecule has 0 bridgehead atoms. The van der Waals surface area contributed by atoms with Crippen LogP contribution in [0.2, 0.25) is 5.02 Å². The number of aromatic amines is 1. The van der Waals surface area contributed by atoms with Crippen molar-refractivity contribution in [2.75, 3.05) is 13.1 Å². The predicted octanol–water partition coefficient (Wildman–Crippen LogP) is 5.00. The molecule has 1 saturated heterocycles. The lowest BCUT2D eigenvalue weighted by Gasteiger charge is -2.32. The Morgan fingerprint density at radius 2 is 2.12 bits per heavy atom. The Labute approximate surface area is 159 Å². The normalized spacial score (nSPS) is 17.8. The molecule has 2 aromatic carbocycles. The maximum Gasteiger partial charge on any atom is 0.255 e. The van der Waals surface area contributed by atoms with Gasteiger partial charge in [0.15, 0.2) is 0 Å². The molecule has 1 aliphatic rings. The van der Waals surface area contributed by atoms with Crippen LogP contribution in [0.3, 0.4) is 0 Å². The van der Waals surface area contributed by atoms with Crippen LogP contribution in [0.5, 0.6) is 0 Å². The summed E-state index contributed by atoms with van der Waals surface area (Å²) >= 11 is 9.64. The van der Waals surface area contributed by atoms with E-state index in [0.29, 0.717) is 17.1 Å². The van der Waals surface area contributed by atoms with E-state index >= 15 is 0 Å². The zero-order chi connectivity index (χ0) is 17.4. The second kappa shape index (κ2) is 6.81. The van der Waals surface area contributed by atoms with Crippen molar-refractivity contribution in [1.29, 1.82) is 0 Å². The summed E-state index contributed by atoms with van der Waals surface area (Å²) in [6.07, 6.45) is 1.98. The number of fused-ring (bicyclic) bond motifs is 1. The number of nitrogens with zero attached hydrogens (tertiary/aromatic N) is 2. The number of benzene rings is 2. The van der Waals surface area contributed by atoms with Gasteiger partial charge in [-0.15, -0.1) is 0 Å². The Morgan fingerprint density at radius 1 is 1.28 bits per heavy atom. The molecule has 0 spiro atoms. The fraction of sp³-hybridized carbons (Fsp3) is 0.263. The Morgan fingerprint density at radius 3 is 2.96 bits per heavy atom. The molecular weight excluding hydrogens is 402 g/mol. The van der Waals surface area contributed by atoms with Crippen molar-refractivity contribution in [3.8, 4) is 0 Å². The summed E-state index contributed by atoms with van der Waals surface area (Å²) < 4.78 is 0.853. The van der Waals surface area contributed by atoms with E-state index in [9.17, 15) is 4.79 Å². The number of piperidine rings is 1. The Bertz CT molecular complexity index is 906. The van der Waals surface area contributed by atoms with Crippen LogP contribution in [0.15, 0.2) is 46.9 Å². The molecule has 1 aromatic heterocycles. The standard InChI is InChI=1S/C19H17BrClN3O/c20-13-7-8-15(21)14(10-13)19(25)24-9-3-4-12(11-24)18-22-16-5-1-2-6-17(16)23-18/h1-2,5-8,10,12H,3-4,9,11H2,(H,22,23). The summed E-state index contributed by atoms with van der Waals surface area (Å²) in [4.78, 5) is 22.9. The summed E-state index contributed by atoms with van der Waals surface area (Å²) in [6.45, 7) is 1.40. The first-order chi connectivity index (χ1) is 12.1. The van der Waals surface area contributed by atoms with Crippen molar-refractivity contribution in [3.63, 3.8) is 0 Å². The molecule has 1 unspecified atom stereocenters. The Balaban J connectivity index is 1.58. The van der Waals surface area contributed by atoms with E-state index < -0.39 is 0 Å². The quantitative estimate of drug-likeness (QED) is 0.637. The molecule has 0 saturated carbocycles. The van der Waals surface area contributed by atoms with Crippen molar-refractivity contribution in [2.24, 2.45) is 0 Å². The lowest BCUT2D eigenvalue weighted by atomic mass is 9.96. The number of carbonyl (C=O) groups is 1. The van der Waals surface area contributed by atoms with Crippen molar-refractivity contribution >= 4 is 44.5 Å². The summed E-state index contributed by atoms with van der Waals surface area (Å²) in [5.74, 6) is 1.15. The third-order valence-electron chi connectivity index (χ3n) is 4.66. The molecule has 1 fully saturated rings. The number of likely N-dealkylation sites (tertiary alicyclic amines) is 1. The van der Waals surface area contributed by atoms with E-state index in [1.165, 1.54) is 0 Å². The van der Waals surface area contributed by atoms with Crippen LogP contribution in [-0.4, -0.2) is 33.9 Å². The van der Waals surface area contributed by atoms with Crippen LogP contribution in [0, 0.1) is 0 Å². The van der Waals surface area contributed by atoms with Crippen LogP contribution in [0.4, 0.5) is 0 Å². The highest BCUT2D eigenvalue weighted by molar-refractivity contribution is 9.10. The first-order valence-electron chi connectivity index (χ1n) is 8.31. The summed E-state index contributed by atoms with van der Waals surface area (Å²) in [6, 6.07) is 13.4. The summed E-state index contributed by atoms with van der Waals surface area (Å²) in [7, 11) is 0. The molecule has 3 aromatic rings. The Hall–Kier alpha value is -1.85. The lowest BCUT2D eigenvalue weighted by Crippen LogP contribution is -2.39. The third kappa shape index (κ3) is 3.31. The van der Waals surface area contributed by atoms with E-state index in [1.807, 2.05) is 35.2 Å². The molecule has 128 valence electrons. The molecule has 0 radical (unpaired) electrons. The van der Waals surface area contributed by atoms with Gasteiger partial charge in [0.05, 0.1) is 21.6 Å². The minimum atomic E-state index is -0.0212. The molecule has 25 heavy (non-hydrogen) atoms. The number of imidazole rings is 1. The van der Waals surface area contributed by atoms with Gasteiger partial charge in [0.25, 0.3) is 5.91 Å². The van der Waals surface area contributed by atoms with Gasteiger partial charge in [0, 0.05) is 23.5 Å². The van der Waals surface area contributed by atoms with E-state index in [1.54, 1.807) is 12.1 Å². The van der Waals surface area contributed by atoms with Gasteiger partial charge in [0.1, 0.15) is 5.82 Å². The summed E-state index contributed by atoms with van der Waals surface area (Å²) in [5, 5.41) is 0.485. The average Bonchev–Trinajstić information content (AvgIpc) is 3.07. The number of para-hydroxylation sites is 2. The largest absolute Gasteiger partial charge is 0.342 e. The SMILES string of the molecule is O=C(c1cc(Br)ccc1Cl)N1CCCC(c2nc3ccccc3[nH]2)C1. The number of H-pyrrole nitrogens is 1. The number of hydrogen-bond donors (Lipinski definition) is 1. The maximum atomic E-state index is 12.9. The minimum Gasteiger partial charge on any atom is -0.342 e. The fourth-order valence-electron chi connectivity index (χ4n) is 3.38. The zero-order valence-corrected chi connectivity index (χ0v) is 15.8. The molecule has 0 aliphatic carbocycles. The van der Waals surface area contributed by atoms with Crippen LogP contribution >= 0.6 is 27.5 Å². The molecule has 4 nitrogen and oxygen atoms in total. The van der Waals surface area contributed by atoms with E-state index in [0.717, 1.165) is 40.7 Å². The van der Waals surface area contributed by atoms with Gasteiger partial charge in [-0.3, -0.25) is 4.79 Å². The molecule has 1 amide bonds. The third-order valence-corrected chi connectivity index (χ3v) is 5.48. The van der Waals surface area contributed by atoms with E-state index in [2.05, 4.69) is 20.9 Å². The number of carbonyl (C=O) groups excluding carboxylic acids is 1. The van der Waals surface area contributed by atoms with Gasteiger partial charge in [-0.2, -0.15) is 0 Å². The highest BCUT2D eigenvalue weighted by Gasteiger charge is 2.28. The first-order valence-corrected chi connectivity index (χ1v) is 9.48. The predicted molar refractivity (Wildman–Crippen MR) is 103 cm³/mol. The number of halogens is 2. The monoisotopic (exact) mass is 417 g/mol. The molecule has 1 N–H and O–H groups in total. The Kier molecular flexibility index (Phi) is 4.52. The van der Waals surface area contributed by atoms with Crippen molar-refractivity contribution in [2.45, 2.75) is 18.8 Å². The van der Waals surface area contributed by atoms with Crippen molar-refractivity contribution in [1.82, 2.24) is 14.9 Å². The van der Waals surface area contributed by atoms with Gasteiger partial charge in [-0.25, -0.2) is 4.98 Å². The van der Waals surface area contributed by atoms with Gasteiger partial charge in [-0.05, 0) is 43.2 Å². The molecule has 6 heteroatoms.